The monoisotopic (exact) mass is 474 g/mol. The van der Waals surface area contributed by atoms with E-state index in [1.807, 2.05) is 6.07 Å². The number of fused-ring (bicyclic) bond motifs is 1. The molecule has 0 saturated heterocycles. The molecule has 0 bridgehead atoms. The van der Waals surface area contributed by atoms with E-state index in [-0.39, 0.29) is 38.4 Å². The molecule has 0 saturated carbocycles. The minimum atomic E-state index is -4.25. The molecule has 0 amide bonds. The summed E-state index contributed by atoms with van der Waals surface area (Å²) >= 11 is 5.96. The number of rotatable bonds is 4. The fourth-order valence-electron chi connectivity index (χ4n) is 3.34. The van der Waals surface area contributed by atoms with Crippen LogP contribution in [-0.4, -0.2) is 8.42 Å². The van der Waals surface area contributed by atoms with Crippen molar-refractivity contribution in [2.75, 3.05) is 0 Å². The van der Waals surface area contributed by atoms with Gasteiger partial charge in [-0.3, -0.25) is 0 Å². The molecule has 1 heterocycles. The standard InChI is InChI=1S/C22H13ClF2N2O4S/c23-16-3-1-2-4-20(16)32(28,29)31-13-6-7-14-19(10-13)30-22(27)15(11-26)21(14)12-5-8-17(24)18(25)9-12/h1-10,21H,27H2. The number of hydrogen-bond acceptors (Lipinski definition) is 6. The predicted octanol–water partition coefficient (Wildman–Crippen LogP) is 4.60. The number of halogens is 3. The molecule has 0 spiro atoms. The van der Waals surface area contributed by atoms with Crippen LogP contribution in [0.2, 0.25) is 5.02 Å². The predicted molar refractivity (Wildman–Crippen MR) is 111 cm³/mol. The summed E-state index contributed by atoms with van der Waals surface area (Å²) in [5, 5.41) is 9.54. The zero-order chi connectivity index (χ0) is 23.0. The van der Waals surface area contributed by atoms with Gasteiger partial charge in [0.25, 0.3) is 0 Å². The van der Waals surface area contributed by atoms with E-state index in [9.17, 15) is 22.5 Å². The van der Waals surface area contributed by atoms with E-state index in [4.69, 9.17) is 26.3 Å². The fraction of sp³-hybridized carbons (Fsp3) is 0.0455. The topological polar surface area (TPSA) is 102 Å². The van der Waals surface area contributed by atoms with Gasteiger partial charge < -0.3 is 14.7 Å². The molecule has 2 N–H and O–H groups in total. The average molecular weight is 475 g/mol. The zero-order valence-corrected chi connectivity index (χ0v) is 17.6. The second-order valence-electron chi connectivity index (χ2n) is 6.77. The van der Waals surface area contributed by atoms with Crippen molar-refractivity contribution >= 4 is 21.7 Å². The van der Waals surface area contributed by atoms with Crippen LogP contribution in [0.4, 0.5) is 8.78 Å². The van der Waals surface area contributed by atoms with E-state index in [0.29, 0.717) is 5.56 Å². The van der Waals surface area contributed by atoms with Gasteiger partial charge in [-0.1, -0.05) is 35.9 Å². The van der Waals surface area contributed by atoms with Gasteiger partial charge in [0.2, 0.25) is 5.88 Å². The summed E-state index contributed by atoms with van der Waals surface area (Å²) in [5.74, 6) is -3.22. The van der Waals surface area contributed by atoms with Crippen molar-refractivity contribution in [1.29, 1.82) is 5.26 Å². The molecule has 32 heavy (non-hydrogen) atoms. The maximum atomic E-state index is 13.8. The lowest BCUT2D eigenvalue weighted by atomic mass is 9.83. The van der Waals surface area contributed by atoms with Gasteiger partial charge >= 0.3 is 10.1 Å². The molecular formula is C22H13ClF2N2O4S. The van der Waals surface area contributed by atoms with E-state index >= 15 is 0 Å². The van der Waals surface area contributed by atoms with Gasteiger partial charge in [-0.25, -0.2) is 8.78 Å². The molecule has 0 aliphatic carbocycles. The third kappa shape index (κ3) is 3.86. The van der Waals surface area contributed by atoms with Crippen molar-refractivity contribution in [3.8, 4) is 17.6 Å². The first-order valence-corrected chi connectivity index (χ1v) is 10.9. The summed E-state index contributed by atoms with van der Waals surface area (Å²) < 4.78 is 63.1. The molecule has 1 aliphatic heterocycles. The van der Waals surface area contributed by atoms with Gasteiger partial charge in [0.15, 0.2) is 11.6 Å². The highest BCUT2D eigenvalue weighted by Crippen LogP contribution is 2.44. The second-order valence-corrected chi connectivity index (χ2v) is 8.69. The van der Waals surface area contributed by atoms with Crippen LogP contribution in [0.3, 0.4) is 0 Å². The van der Waals surface area contributed by atoms with Crippen LogP contribution in [0, 0.1) is 23.0 Å². The summed E-state index contributed by atoms with van der Waals surface area (Å²) in [6, 6.07) is 15.0. The summed E-state index contributed by atoms with van der Waals surface area (Å²) in [7, 11) is -4.25. The minimum Gasteiger partial charge on any atom is -0.440 e. The van der Waals surface area contributed by atoms with Crippen LogP contribution in [0.5, 0.6) is 11.5 Å². The van der Waals surface area contributed by atoms with Gasteiger partial charge in [-0.2, -0.15) is 13.7 Å². The summed E-state index contributed by atoms with van der Waals surface area (Å²) in [5.41, 5.74) is 6.54. The lowest BCUT2D eigenvalue weighted by molar-refractivity contribution is 0.391. The first-order valence-electron chi connectivity index (χ1n) is 9.07. The van der Waals surface area contributed by atoms with Crippen LogP contribution >= 0.6 is 11.6 Å². The number of nitriles is 1. The Bertz CT molecular complexity index is 1420. The molecule has 4 rings (SSSR count). The number of allylic oxidation sites excluding steroid dienone is 1. The van der Waals surface area contributed by atoms with E-state index < -0.39 is 27.7 Å². The van der Waals surface area contributed by atoms with Crippen molar-refractivity contribution in [3.05, 3.63) is 99.9 Å². The van der Waals surface area contributed by atoms with Crippen molar-refractivity contribution in [2.24, 2.45) is 5.73 Å². The summed E-state index contributed by atoms with van der Waals surface area (Å²) in [6.07, 6.45) is 0. The normalized spacial score (nSPS) is 15.5. The Morgan fingerprint density at radius 1 is 1.06 bits per heavy atom. The Balaban J connectivity index is 1.76. The Morgan fingerprint density at radius 3 is 2.50 bits per heavy atom. The van der Waals surface area contributed by atoms with Crippen LogP contribution < -0.4 is 14.7 Å². The molecule has 0 aromatic heterocycles. The quantitative estimate of drug-likeness (QED) is 0.554. The number of nitrogens with two attached hydrogens (primary N) is 1. The molecule has 0 fully saturated rings. The van der Waals surface area contributed by atoms with Crippen LogP contribution in [-0.2, 0) is 10.1 Å². The number of ether oxygens (including phenoxy) is 1. The minimum absolute atomic E-state index is 0.000801. The molecule has 0 radical (unpaired) electrons. The van der Waals surface area contributed by atoms with Gasteiger partial charge in [-0.15, -0.1) is 0 Å². The SMILES string of the molecule is N#CC1=C(N)Oc2cc(OS(=O)(=O)c3ccccc3Cl)ccc2C1c1ccc(F)c(F)c1. The van der Waals surface area contributed by atoms with Crippen molar-refractivity contribution in [1.82, 2.24) is 0 Å². The second kappa shape index (κ2) is 8.15. The number of hydrogen-bond donors (Lipinski definition) is 1. The lowest BCUT2D eigenvalue weighted by Crippen LogP contribution is -2.21. The molecule has 162 valence electrons. The average Bonchev–Trinajstić information content (AvgIpc) is 2.74. The van der Waals surface area contributed by atoms with Crippen LogP contribution in [0.1, 0.15) is 17.0 Å². The zero-order valence-electron chi connectivity index (χ0n) is 16.1. The lowest BCUT2D eigenvalue weighted by Gasteiger charge is -2.26. The Morgan fingerprint density at radius 2 is 1.81 bits per heavy atom. The Kier molecular flexibility index (Phi) is 5.50. The highest BCUT2D eigenvalue weighted by atomic mass is 35.5. The first kappa shape index (κ1) is 21.6. The summed E-state index contributed by atoms with van der Waals surface area (Å²) in [6.45, 7) is 0. The maximum absolute atomic E-state index is 13.8. The van der Waals surface area contributed by atoms with Crippen molar-refractivity contribution in [3.63, 3.8) is 0 Å². The largest absolute Gasteiger partial charge is 0.440 e. The number of benzene rings is 3. The van der Waals surface area contributed by atoms with Gasteiger partial charge in [0, 0.05) is 11.6 Å². The van der Waals surface area contributed by atoms with Gasteiger partial charge in [-0.05, 0) is 35.9 Å². The Labute approximate surface area is 187 Å². The molecule has 10 heteroatoms. The molecule has 1 aliphatic rings. The first-order chi connectivity index (χ1) is 15.2. The third-order valence-corrected chi connectivity index (χ3v) is 6.53. The smallest absolute Gasteiger partial charge is 0.340 e. The van der Waals surface area contributed by atoms with Crippen molar-refractivity contribution < 1.29 is 26.1 Å². The van der Waals surface area contributed by atoms with E-state index in [0.717, 1.165) is 12.1 Å². The highest BCUT2D eigenvalue weighted by molar-refractivity contribution is 7.87. The van der Waals surface area contributed by atoms with Crippen molar-refractivity contribution in [2.45, 2.75) is 10.8 Å². The van der Waals surface area contributed by atoms with Crippen LogP contribution in [0.15, 0.2) is 77.0 Å². The van der Waals surface area contributed by atoms with Gasteiger partial charge in [0.1, 0.15) is 28.0 Å². The Hall–Kier alpha value is -3.61. The fourth-order valence-corrected chi connectivity index (χ4v) is 4.76. The molecule has 6 nitrogen and oxygen atoms in total. The van der Waals surface area contributed by atoms with Crippen LogP contribution in [0.25, 0.3) is 0 Å². The molecule has 1 atom stereocenters. The highest BCUT2D eigenvalue weighted by Gasteiger charge is 2.32. The maximum Gasteiger partial charge on any atom is 0.340 e. The van der Waals surface area contributed by atoms with E-state index in [1.54, 1.807) is 6.07 Å². The molecular weight excluding hydrogens is 462 g/mol. The molecule has 3 aromatic carbocycles. The van der Waals surface area contributed by atoms with E-state index in [2.05, 4.69) is 0 Å². The van der Waals surface area contributed by atoms with E-state index in [1.165, 1.54) is 42.5 Å². The number of nitrogens with zero attached hydrogens (tertiary/aromatic N) is 1. The summed E-state index contributed by atoms with van der Waals surface area (Å²) in [4.78, 5) is -0.217. The molecule has 1 unspecified atom stereocenters. The molecule has 3 aromatic rings. The van der Waals surface area contributed by atoms with Gasteiger partial charge in [0.05, 0.1) is 10.9 Å². The third-order valence-electron chi connectivity index (χ3n) is 4.78.